The number of hydrogen-bond acceptors (Lipinski definition) is 2. The third-order valence-electron chi connectivity index (χ3n) is 3.39. The highest BCUT2D eigenvalue weighted by molar-refractivity contribution is 9.10. The Bertz CT molecular complexity index is 590. The van der Waals surface area contributed by atoms with E-state index in [-0.39, 0.29) is 6.04 Å². The van der Waals surface area contributed by atoms with Crippen molar-refractivity contribution >= 4 is 27.5 Å². The fraction of sp³-hybridized carbons (Fsp3) is 0.250. The van der Waals surface area contributed by atoms with Crippen LogP contribution in [0, 0.1) is 13.8 Å². The van der Waals surface area contributed by atoms with Crippen LogP contribution in [0.15, 0.2) is 40.9 Å². The summed E-state index contributed by atoms with van der Waals surface area (Å²) in [4.78, 5) is 0. The van der Waals surface area contributed by atoms with Crippen molar-refractivity contribution in [1.82, 2.24) is 5.43 Å². The van der Waals surface area contributed by atoms with Crippen molar-refractivity contribution < 1.29 is 0 Å². The van der Waals surface area contributed by atoms with Crippen LogP contribution in [-0.2, 0) is 6.42 Å². The SMILES string of the molecule is Cc1cc(C(Cc2cccc(Cl)c2)NN)cc(C)c1Br. The summed E-state index contributed by atoms with van der Waals surface area (Å²) in [6.45, 7) is 4.18. The predicted molar refractivity (Wildman–Crippen MR) is 88.8 cm³/mol. The highest BCUT2D eigenvalue weighted by Crippen LogP contribution is 2.27. The van der Waals surface area contributed by atoms with Crippen LogP contribution < -0.4 is 11.3 Å². The lowest BCUT2D eigenvalue weighted by molar-refractivity contribution is 0.551. The van der Waals surface area contributed by atoms with Crippen molar-refractivity contribution in [1.29, 1.82) is 0 Å². The smallest absolute Gasteiger partial charge is 0.0500 e. The van der Waals surface area contributed by atoms with Gasteiger partial charge in [-0.2, -0.15) is 0 Å². The highest BCUT2D eigenvalue weighted by Gasteiger charge is 2.13. The van der Waals surface area contributed by atoms with E-state index in [2.05, 4.69) is 53.4 Å². The zero-order chi connectivity index (χ0) is 14.7. The first-order chi connectivity index (χ1) is 9.51. The molecule has 0 aliphatic heterocycles. The van der Waals surface area contributed by atoms with Gasteiger partial charge in [0, 0.05) is 9.50 Å². The number of hydrazine groups is 1. The number of nitrogens with two attached hydrogens (primary N) is 1. The molecule has 1 unspecified atom stereocenters. The van der Waals surface area contributed by atoms with Crippen LogP contribution in [0.1, 0.15) is 28.3 Å². The van der Waals surface area contributed by atoms with Crippen LogP contribution >= 0.6 is 27.5 Å². The van der Waals surface area contributed by atoms with Crippen LogP contribution in [0.4, 0.5) is 0 Å². The van der Waals surface area contributed by atoms with E-state index in [0.717, 1.165) is 15.9 Å². The van der Waals surface area contributed by atoms with Gasteiger partial charge < -0.3 is 0 Å². The Hall–Kier alpha value is -0.870. The van der Waals surface area contributed by atoms with Crippen molar-refractivity contribution in [2.45, 2.75) is 26.3 Å². The molecule has 4 heteroatoms. The first-order valence-corrected chi connectivity index (χ1v) is 7.65. The van der Waals surface area contributed by atoms with Gasteiger partial charge in [-0.15, -0.1) is 0 Å². The summed E-state index contributed by atoms with van der Waals surface area (Å²) in [6, 6.07) is 12.3. The van der Waals surface area contributed by atoms with Crippen LogP contribution in [0.2, 0.25) is 5.02 Å². The van der Waals surface area contributed by atoms with Crippen molar-refractivity contribution in [3.8, 4) is 0 Å². The van der Waals surface area contributed by atoms with Gasteiger partial charge in [0.25, 0.3) is 0 Å². The average molecular weight is 354 g/mol. The minimum Gasteiger partial charge on any atom is -0.271 e. The van der Waals surface area contributed by atoms with Crippen LogP contribution in [0.3, 0.4) is 0 Å². The first-order valence-electron chi connectivity index (χ1n) is 6.48. The van der Waals surface area contributed by atoms with Gasteiger partial charge in [-0.25, -0.2) is 0 Å². The second-order valence-corrected chi connectivity index (χ2v) is 6.25. The van der Waals surface area contributed by atoms with E-state index in [9.17, 15) is 0 Å². The van der Waals surface area contributed by atoms with Gasteiger partial charge in [-0.3, -0.25) is 11.3 Å². The molecule has 2 aromatic carbocycles. The monoisotopic (exact) mass is 352 g/mol. The quantitative estimate of drug-likeness (QED) is 0.629. The van der Waals surface area contributed by atoms with Gasteiger partial charge in [0.2, 0.25) is 0 Å². The standard InChI is InChI=1S/C16H18BrClN2/c1-10-6-13(7-11(2)16(10)17)15(20-19)9-12-4-3-5-14(18)8-12/h3-8,15,20H,9,19H2,1-2H3. The summed E-state index contributed by atoms with van der Waals surface area (Å²) < 4.78 is 1.15. The van der Waals surface area contributed by atoms with Crippen molar-refractivity contribution in [2.75, 3.05) is 0 Å². The third-order valence-corrected chi connectivity index (χ3v) is 4.88. The molecule has 0 aliphatic carbocycles. The number of benzene rings is 2. The molecule has 0 spiro atoms. The lowest BCUT2D eigenvalue weighted by Gasteiger charge is -2.19. The molecule has 0 heterocycles. The number of aryl methyl sites for hydroxylation is 2. The molecule has 2 aromatic rings. The zero-order valence-electron chi connectivity index (χ0n) is 11.6. The molecule has 0 saturated heterocycles. The Balaban J connectivity index is 2.29. The van der Waals surface area contributed by atoms with Gasteiger partial charge in [0.15, 0.2) is 0 Å². The van der Waals surface area contributed by atoms with E-state index in [1.54, 1.807) is 0 Å². The lowest BCUT2D eigenvalue weighted by atomic mass is 9.96. The maximum Gasteiger partial charge on any atom is 0.0500 e. The minimum absolute atomic E-state index is 0.0685. The van der Waals surface area contributed by atoms with E-state index >= 15 is 0 Å². The average Bonchev–Trinajstić information content (AvgIpc) is 2.41. The molecule has 0 fully saturated rings. The number of rotatable bonds is 4. The van der Waals surface area contributed by atoms with E-state index < -0.39 is 0 Å². The minimum atomic E-state index is 0.0685. The summed E-state index contributed by atoms with van der Waals surface area (Å²) in [5, 5.41) is 0.751. The van der Waals surface area contributed by atoms with Gasteiger partial charge in [0.1, 0.15) is 0 Å². The molecule has 3 N–H and O–H groups in total. The normalized spacial score (nSPS) is 12.4. The summed E-state index contributed by atoms with van der Waals surface area (Å²) in [5.41, 5.74) is 7.68. The Morgan fingerprint density at radius 1 is 1.20 bits per heavy atom. The molecule has 0 amide bonds. The summed E-state index contributed by atoms with van der Waals surface area (Å²) in [5.74, 6) is 5.73. The van der Waals surface area contributed by atoms with Crippen molar-refractivity contribution in [2.24, 2.45) is 5.84 Å². The Kier molecular flexibility index (Phi) is 5.22. The third kappa shape index (κ3) is 3.61. The fourth-order valence-electron chi connectivity index (χ4n) is 2.35. The number of hydrogen-bond donors (Lipinski definition) is 2. The molecule has 2 rings (SSSR count). The second-order valence-electron chi connectivity index (χ2n) is 5.02. The topological polar surface area (TPSA) is 38.0 Å². The van der Waals surface area contributed by atoms with Gasteiger partial charge in [0.05, 0.1) is 6.04 Å². The van der Waals surface area contributed by atoms with E-state index in [1.807, 2.05) is 18.2 Å². The van der Waals surface area contributed by atoms with Crippen LogP contribution in [0.25, 0.3) is 0 Å². The van der Waals surface area contributed by atoms with Gasteiger partial charge >= 0.3 is 0 Å². The second kappa shape index (κ2) is 6.72. The van der Waals surface area contributed by atoms with E-state index in [1.165, 1.54) is 22.3 Å². The maximum atomic E-state index is 6.03. The molecular formula is C16H18BrClN2. The summed E-state index contributed by atoms with van der Waals surface area (Å²) in [6.07, 6.45) is 0.803. The molecule has 0 bridgehead atoms. The molecule has 0 aromatic heterocycles. The zero-order valence-corrected chi connectivity index (χ0v) is 13.9. The fourth-order valence-corrected chi connectivity index (χ4v) is 2.80. The molecule has 106 valence electrons. The molecule has 1 atom stereocenters. The Morgan fingerprint density at radius 2 is 1.85 bits per heavy atom. The van der Waals surface area contributed by atoms with Crippen molar-refractivity contribution in [3.05, 3.63) is 68.1 Å². The predicted octanol–water partition coefficient (Wildman–Crippen LogP) is 4.47. The molecule has 0 radical (unpaired) electrons. The van der Waals surface area contributed by atoms with Crippen LogP contribution in [-0.4, -0.2) is 0 Å². The summed E-state index contributed by atoms with van der Waals surface area (Å²) >= 11 is 9.62. The van der Waals surface area contributed by atoms with Crippen LogP contribution in [0.5, 0.6) is 0 Å². The van der Waals surface area contributed by atoms with Gasteiger partial charge in [-0.05, 0) is 54.7 Å². The van der Waals surface area contributed by atoms with E-state index in [0.29, 0.717) is 0 Å². The van der Waals surface area contributed by atoms with Crippen molar-refractivity contribution in [3.63, 3.8) is 0 Å². The number of halogens is 2. The molecule has 20 heavy (non-hydrogen) atoms. The molecular weight excluding hydrogens is 336 g/mol. The molecule has 0 aliphatic rings. The molecule has 0 saturated carbocycles. The molecule has 2 nitrogen and oxygen atoms in total. The number of nitrogens with one attached hydrogen (secondary N) is 1. The summed E-state index contributed by atoms with van der Waals surface area (Å²) in [7, 11) is 0. The lowest BCUT2D eigenvalue weighted by Crippen LogP contribution is -2.29. The highest BCUT2D eigenvalue weighted by atomic mass is 79.9. The Labute approximate surface area is 133 Å². The van der Waals surface area contributed by atoms with Gasteiger partial charge in [-0.1, -0.05) is 51.8 Å². The maximum absolute atomic E-state index is 6.03. The largest absolute Gasteiger partial charge is 0.271 e. The first kappa shape index (κ1) is 15.5. The Morgan fingerprint density at radius 3 is 2.40 bits per heavy atom. The van der Waals surface area contributed by atoms with E-state index in [4.69, 9.17) is 17.4 Å².